The molecule has 2 amide bonds. The van der Waals surface area contributed by atoms with Gasteiger partial charge in [0.05, 0.1) is 5.54 Å². The van der Waals surface area contributed by atoms with Gasteiger partial charge in [-0.1, -0.05) is 12.8 Å². The van der Waals surface area contributed by atoms with Crippen molar-refractivity contribution in [3.63, 3.8) is 0 Å². The zero-order valence-electron chi connectivity index (χ0n) is 9.14. The van der Waals surface area contributed by atoms with Gasteiger partial charge >= 0.3 is 0 Å². The molecule has 5 nitrogen and oxygen atoms in total. The SMILES string of the molecule is CC(=O)NCCNC(=O)C1(N)CCCC1. The minimum atomic E-state index is -0.670. The van der Waals surface area contributed by atoms with Gasteiger partial charge in [0.2, 0.25) is 11.8 Å². The van der Waals surface area contributed by atoms with E-state index in [2.05, 4.69) is 10.6 Å². The van der Waals surface area contributed by atoms with Crippen LogP contribution in [0, 0.1) is 0 Å². The number of carbonyl (C=O) groups excluding carboxylic acids is 2. The first-order valence-electron chi connectivity index (χ1n) is 5.36. The number of nitrogens with two attached hydrogens (primary N) is 1. The molecule has 4 N–H and O–H groups in total. The Labute approximate surface area is 89.8 Å². The summed E-state index contributed by atoms with van der Waals surface area (Å²) in [5, 5.41) is 5.35. The summed E-state index contributed by atoms with van der Waals surface area (Å²) in [6.45, 7) is 2.34. The number of carbonyl (C=O) groups is 2. The third-order valence-corrected chi connectivity index (χ3v) is 2.73. The normalized spacial score (nSPS) is 18.5. The van der Waals surface area contributed by atoms with E-state index >= 15 is 0 Å². The zero-order chi connectivity index (χ0) is 11.3. The standard InChI is InChI=1S/C10H19N3O2/c1-8(14)12-6-7-13-9(15)10(11)4-2-3-5-10/h2-7,11H2,1H3,(H,12,14)(H,13,15). The highest BCUT2D eigenvalue weighted by Gasteiger charge is 2.36. The molecule has 5 heteroatoms. The average molecular weight is 213 g/mol. The average Bonchev–Trinajstić information content (AvgIpc) is 2.60. The van der Waals surface area contributed by atoms with E-state index in [-0.39, 0.29) is 11.8 Å². The third-order valence-electron chi connectivity index (χ3n) is 2.73. The highest BCUT2D eigenvalue weighted by molar-refractivity contribution is 5.86. The molecule has 0 radical (unpaired) electrons. The van der Waals surface area contributed by atoms with Gasteiger partial charge in [-0.15, -0.1) is 0 Å². The van der Waals surface area contributed by atoms with E-state index in [0.29, 0.717) is 13.1 Å². The molecule has 86 valence electrons. The van der Waals surface area contributed by atoms with Crippen LogP contribution in [-0.4, -0.2) is 30.4 Å². The lowest BCUT2D eigenvalue weighted by molar-refractivity contribution is -0.126. The first-order chi connectivity index (χ1) is 7.04. The van der Waals surface area contributed by atoms with Crippen molar-refractivity contribution in [1.29, 1.82) is 0 Å². The van der Waals surface area contributed by atoms with Gasteiger partial charge in [-0.05, 0) is 12.8 Å². The predicted molar refractivity (Wildman–Crippen MR) is 57.1 cm³/mol. The van der Waals surface area contributed by atoms with Crippen LogP contribution in [0.1, 0.15) is 32.6 Å². The fraction of sp³-hybridized carbons (Fsp3) is 0.800. The van der Waals surface area contributed by atoms with Crippen LogP contribution in [0.25, 0.3) is 0 Å². The first kappa shape index (κ1) is 12.0. The van der Waals surface area contributed by atoms with Crippen LogP contribution < -0.4 is 16.4 Å². The number of hydrogen-bond donors (Lipinski definition) is 3. The van der Waals surface area contributed by atoms with E-state index in [4.69, 9.17) is 5.73 Å². The van der Waals surface area contributed by atoms with E-state index < -0.39 is 5.54 Å². The molecule has 1 rings (SSSR count). The smallest absolute Gasteiger partial charge is 0.240 e. The van der Waals surface area contributed by atoms with Crippen LogP contribution in [0.4, 0.5) is 0 Å². The van der Waals surface area contributed by atoms with Crippen molar-refractivity contribution in [2.75, 3.05) is 13.1 Å². The Balaban J connectivity index is 2.21. The summed E-state index contributed by atoms with van der Waals surface area (Å²) in [4.78, 5) is 22.2. The summed E-state index contributed by atoms with van der Waals surface area (Å²) in [5.41, 5.74) is 5.27. The summed E-state index contributed by atoms with van der Waals surface area (Å²) in [6.07, 6.45) is 3.57. The third kappa shape index (κ3) is 3.51. The number of nitrogens with one attached hydrogen (secondary N) is 2. The minimum Gasteiger partial charge on any atom is -0.355 e. The van der Waals surface area contributed by atoms with E-state index in [9.17, 15) is 9.59 Å². The quantitative estimate of drug-likeness (QED) is 0.551. The van der Waals surface area contributed by atoms with E-state index in [1.54, 1.807) is 0 Å². The van der Waals surface area contributed by atoms with Gasteiger partial charge in [-0.3, -0.25) is 9.59 Å². The second kappa shape index (κ2) is 5.11. The van der Waals surface area contributed by atoms with Crippen molar-refractivity contribution in [3.8, 4) is 0 Å². The zero-order valence-corrected chi connectivity index (χ0v) is 9.14. The first-order valence-corrected chi connectivity index (χ1v) is 5.36. The molecule has 0 bridgehead atoms. The second-order valence-corrected chi connectivity index (χ2v) is 4.10. The highest BCUT2D eigenvalue weighted by Crippen LogP contribution is 2.26. The van der Waals surface area contributed by atoms with Crippen molar-refractivity contribution < 1.29 is 9.59 Å². The van der Waals surface area contributed by atoms with Crippen molar-refractivity contribution in [2.45, 2.75) is 38.1 Å². The molecular weight excluding hydrogens is 194 g/mol. The van der Waals surface area contributed by atoms with Crippen molar-refractivity contribution in [3.05, 3.63) is 0 Å². The fourth-order valence-corrected chi connectivity index (χ4v) is 1.82. The van der Waals surface area contributed by atoms with E-state index in [0.717, 1.165) is 25.7 Å². The summed E-state index contributed by atoms with van der Waals surface area (Å²) in [5.74, 6) is -0.182. The molecular formula is C10H19N3O2. The summed E-state index contributed by atoms with van der Waals surface area (Å²) < 4.78 is 0. The Hall–Kier alpha value is -1.10. The Kier molecular flexibility index (Phi) is 4.08. The Morgan fingerprint density at radius 3 is 2.27 bits per heavy atom. The molecule has 0 aromatic heterocycles. The van der Waals surface area contributed by atoms with E-state index in [1.807, 2.05) is 0 Å². The fourth-order valence-electron chi connectivity index (χ4n) is 1.82. The van der Waals surface area contributed by atoms with Gasteiger partial charge in [0.1, 0.15) is 0 Å². The maximum Gasteiger partial charge on any atom is 0.240 e. The van der Waals surface area contributed by atoms with Crippen molar-refractivity contribution in [2.24, 2.45) is 5.73 Å². The molecule has 0 aromatic rings. The Bertz CT molecular complexity index is 247. The molecule has 1 fully saturated rings. The molecule has 1 aliphatic carbocycles. The molecule has 0 spiro atoms. The molecule has 0 heterocycles. The lowest BCUT2D eigenvalue weighted by Crippen LogP contribution is -2.53. The summed E-state index contributed by atoms with van der Waals surface area (Å²) in [7, 11) is 0. The van der Waals surface area contributed by atoms with Gasteiger partial charge in [0.15, 0.2) is 0 Å². The van der Waals surface area contributed by atoms with Crippen LogP contribution in [0.2, 0.25) is 0 Å². The topological polar surface area (TPSA) is 84.2 Å². The second-order valence-electron chi connectivity index (χ2n) is 4.10. The van der Waals surface area contributed by atoms with E-state index in [1.165, 1.54) is 6.92 Å². The Morgan fingerprint density at radius 2 is 1.73 bits per heavy atom. The van der Waals surface area contributed by atoms with Crippen molar-refractivity contribution in [1.82, 2.24) is 10.6 Å². The number of hydrogen-bond acceptors (Lipinski definition) is 3. The number of rotatable bonds is 4. The lowest BCUT2D eigenvalue weighted by Gasteiger charge is -2.22. The summed E-state index contributed by atoms with van der Waals surface area (Å²) in [6, 6.07) is 0. The van der Waals surface area contributed by atoms with Gasteiger partial charge in [-0.25, -0.2) is 0 Å². The van der Waals surface area contributed by atoms with Crippen LogP contribution in [-0.2, 0) is 9.59 Å². The Morgan fingerprint density at radius 1 is 1.20 bits per heavy atom. The van der Waals surface area contributed by atoms with Gasteiger partial charge in [0, 0.05) is 20.0 Å². The van der Waals surface area contributed by atoms with Gasteiger partial charge in [-0.2, -0.15) is 0 Å². The lowest BCUT2D eigenvalue weighted by atomic mass is 9.98. The van der Waals surface area contributed by atoms with Gasteiger partial charge < -0.3 is 16.4 Å². The van der Waals surface area contributed by atoms with Crippen molar-refractivity contribution >= 4 is 11.8 Å². The van der Waals surface area contributed by atoms with Crippen LogP contribution >= 0.6 is 0 Å². The van der Waals surface area contributed by atoms with Crippen LogP contribution in [0.3, 0.4) is 0 Å². The molecule has 0 unspecified atom stereocenters. The molecule has 0 aliphatic heterocycles. The molecule has 0 saturated heterocycles. The van der Waals surface area contributed by atoms with Crippen LogP contribution in [0.15, 0.2) is 0 Å². The largest absolute Gasteiger partial charge is 0.355 e. The van der Waals surface area contributed by atoms with Gasteiger partial charge in [0.25, 0.3) is 0 Å². The molecule has 1 saturated carbocycles. The molecule has 0 aromatic carbocycles. The molecule has 1 aliphatic rings. The maximum absolute atomic E-state index is 11.7. The maximum atomic E-state index is 11.7. The monoisotopic (exact) mass is 213 g/mol. The predicted octanol–water partition coefficient (Wildman–Crippen LogP) is -0.490. The number of amides is 2. The summed E-state index contributed by atoms with van der Waals surface area (Å²) >= 11 is 0. The minimum absolute atomic E-state index is 0.0902. The highest BCUT2D eigenvalue weighted by atomic mass is 16.2. The molecule has 15 heavy (non-hydrogen) atoms. The molecule has 0 atom stereocenters. The van der Waals surface area contributed by atoms with Crippen LogP contribution in [0.5, 0.6) is 0 Å².